The second-order valence-electron chi connectivity index (χ2n) is 10.1. The number of nitrogens with zero attached hydrogens (tertiary/aromatic N) is 2. The van der Waals surface area contributed by atoms with Crippen LogP contribution in [0.2, 0.25) is 0 Å². The summed E-state index contributed by atoms with van der Waals surface area (Å²) < 4.78 is 0. The predicted molar refractivity (Wildman–Crippen MR) is 140 cm³/mol. The van der Waals surface area contributed by atoms with Gasteiger partial charge in [0.1, 0.15) is 6.17 Å². The van der Waals surface area contributed by atoms with Crippen LogP contribution in [0.5, 0.6) is 0 Å². The van der Waals surface area contributed by atoms with Crippen LogP contribution >= 0.6 is 0 Å². The maximum atomic E-state index is 2.66. The van der Waals surface area contributed by atoms with E-state index in [4.69, 9.17) is 0 Å². The van der Waals surface area contributed by atoms with E-state index in [0.29, 0.717) is 6.17 Å². The molecule has 31 heavy (non-hydrogen) atoms. The van der Waals surface area contributed by atoms with E-state index in [1.54, 1.807) is 0 Å². The molecular weight excluding hydrogens is 376 g/mol. The molecule has 184 valence electrons. The monoisotopic (exact) mass is 434 g/mol. The van der Waals surface area contributed by atoms with E-state index < -0.39 is 0 Å². The summed E-state index contributed by atoms with van der Waals surface area (Å²) in [7, 11) is 0. The van der Waals surface area contributed by atoms with Gasteiger partial charge in [0.25, 0.3) is 0 Å². The van der Waals surface area contributed by atoms with Gasteiger partial charge < -0.3 is 9.80 Å². The molecule has 1 aliphatic heterocycles. The van der Waals surface area contributed by atoms with Crippen molar-refractivity contribution in [3.05, 3.63) is 12.4 Å². The van der Waals surface area contributed by atoms with Crippen molar-refractivity contribution in [1.82, 2.24) is 9.80 Å². The molecule has 1 unspecified atom stereocenters. The highest BCUT2D eigenvalue weighted by Gasteiger charge is 2.24. The van der Waals surface area contributed by atoms with Gasteiger partial charge in [-0.25, -0.2) is 0 Å². The molecule has 1 heterocycles. The zero-order valence-electron chi connectivity index (χ0n) is 21.9. The van der Waals surface area contributed by atoms with Gasteiger partial charge in [-0.15, -0.1) is 0 Å². The zero-order chi connectivity index (χ0) is 22.4. The molecule has 0 amide bonds. The van der Waals surface area contributed by atoms with Gasteiger partial charge in [0.2, 0.25) is 0 Å². The van der Waals surface area contributed by atoms with E-state index >= 15 is 0 Å². The third-order valence-corrected chi connectivity index (χ3v) is 7.03. The molecule has 1 rings (SSSR count). The van der Waals surface area contributed by atoms with E-state index in [1.807, 2.05) is 0 Å². The van der Waals surface area contributed by atoms with Crippen molar-refractivity contribution in [3.8, 4) is 0 Å². The fourth-order valence-corrected chi connectivity index (χ4v) is 5.02. The second kappa shape index (κ2) is 21.2. The van der Waals surface area contributed by atoms with Crippen molar-refractivity contribution in [3.63, 3.8) is 0 Å². The van der Waals surface area contributed by atoms with Gasteiger partial charge in [0.05, 0.1) is 0 Å². The van der Waals surface area contributed by atoms with E-state index in [2.05, 4.69) is 43.0 Å². The van der Waals surface area contributed by atoms with Gasteiger partial charge in [-0.2, -0.15) is 0 Å². The Morgan fingerprint density at radius 3 is 1.26 bits per heavy atom. The molecule has 0 aliphatic carbocycles. The van der Waals surface area contributed by atoms with Crippen LogP contribution < -0.4 is 0 Å². The highest BCUT2D eigenvalue weighted by atomic mass is 15.4. The molecule has 0 saturated carbocycles. The lowest BCUT2D eigenvalue weighted by Crippen LogP contribution is -2.39. The summed E-state index contributed by atoms with van der Waals surface area (Å²) in [6.45, 7) is 9.40. The lowest BCUT2D eigenvalue weighted by molar-refractivity contribution is 0.137. The van der Waals surface area contributed by atoms with E-state index in [1.165, 1.54) is 148 Å². The Kier molecular flexibility index (Phi) is 19.4. The van der Waals surface area contributed by atoms with Crippen LogP contribution in [-0.4, -0.2) is 29.1 Å². The standard InChI is InChI=1S/C29H58N2/c1-4-7-9-11-13-15-17-19-21-23-26-31-28-27-30(25-6-3)29(31)24-22-20-18-16-14-12-10-8-5-2/h27-29H,4-26H2,1-3H3. The number of rotatable bonds is 23. The van der Waals surface area contributed by atoms with Crippen LogP contribution in [0, 0.1) is 0 Å². The third-order valence-electron chi connectivity index (χ3n) is 7.03. The van der Waals surface area contributed by atoms with Gasteiger partial charge in [-0.1, -0.05) is 130 Å². The van der Waals surface area contributed by atoms with Crippen LogP contribution in [0.1, 0.15) is 156 Å². The first-order valence-electron chi connectivity index (χ1n) is 14.5. The van der Waals surface area contributed by atoms with Gasteiger partial charge >= 0.3 is 0 Å². The number of hydrogen-bond acceptors (Lipinski definition) is 2. The Morgan fingerprint density at radius 2 is 0.806 bits per heavy atom. The minimum absolute atomic E-state index is 0.642. The molecule has 0 aromatic rings. The van der Waals surface area contributed by atoms with E-state index in [-0.39, 0.29) is 0 Å². The molecular formula is C29H58N2. The van der Waals surface area contributed by atoms with Crippen molar-refractivity contribution in [2.24, 2.45) is 0 Å². The zero-order valence-corrected chi connectivity index (χ0v) is 21.9. The Bertz CT molecular complexity index is 392. The van der Waals surface area contributed by atoms with Crippen LogP contribution in [0.25, 0.3) is 0 Å². The fourth-order valence-electron chi connectivity index (χ4n) is 5.02. The largest absolute Gasteiger partial charge is 0.356 e. The second-order valence-corrected chi connectivity index (χ2v) is 10.1. The van der Waals surface area contributed by atoms with Gasteiger partial charge in [0.15, 0.2) is 0 Å². The first kappa shape index (κ1) is 28.4. The molecule has 0 spiro atoms. The lowest BCUT2D eigenvalue weighted by atomic mass is 10.1. The smallest absolute Gasteiger partial charge is 0.101 e. The Labute approximate surface area is 197 Å². The van der Waals surface area contributed by atoms with Crippen LogP contribution in [0.15, 0.2) is 12.4 Å². The van der Waals surface area contributed by atoms with Crippen LogP contribution in [0.3, 0.4) is 0 Å². The summed E-state index contributed by atoms with van der Waals surface area (Å²) in [4.78, 5) is 5.27. The number of hydrogen-bond donors (Lipinski definition) is 0. The van der Waals surface area contributed by atoms with Gasteiger partial charge in [-0.3, -0.25) is 0 Å². The Hall–Kier alpha value is -0.660. The lowest BCUT2D eigenvalue weighted by Gasteiger charge is -2.33. The van der Waals surface area contributed by atoms with Gasteiger partial charge in [0, 0.05) is 25.5 Å². The maximum absolute atomic E-state index is 2.66. The molecule has 0 fully saturated rings. The average Bonchev–Trinajstić information content (AvgIpc) is 3.15. The molecule has 0 aromatic carbocycles. The maximum Gasteiger partial charge on any atom is 0.101 e. The minimum Gasteiger partial charge on any atom is -0.356 e. The molecule has 1 atom stereocenters. The molecule has 0 aromatic heterocycles. The molecule has 0 bridgehead atoms. The molecule has 0 N–H and O–H groups in total. The van der Waals surface area contributed by atoms with Gasteiger partial charge in [-0.05, 0) is 25.7 Å². The first-order valence-corrected chi connectivity index (χ1v) is 14.5. The highest BCUT2D eigenvalue weighted by Crippen LogP contribution is 2.23. The summed E-state index contributed by atoms with van der Waals surface area (Å²) in [6.07, 6.45) is 35.2. The van der Waals surface area contributed by atoms with E-state index in [0.717, 1.165) is 0 Å². The topological polar surface area (TPSA) is 6.48 Å². The average molecular weight is 435 g/mol. The Balaban J connectivity index is 2.10. The van der Waals surface area contributed by atoms with Crippen molar-refractivity contribution in [1.29, 1.82) is 0 Å². The molecule has 0 radical (unpaired) electrons. The summed E-state index contributed by atoms with van der Waals surface area (Å²) in [5.41, 5.74) is 0. The van der Waals surface area contributed by atoms with Crippen molar-refractivity contribution < 1.29 is 0 Å². The summed E-state index contributed by atoms with van der Waals surface area (Å²) in [6, 6.07) is 0. The molecule has 2 nitrogen and oxygen atoms in total. The summed E-state index contributed by atoms with van der Waals surface area (Å²) in [5, 5.41) is 0. The fraction of sp³-hybridized carbons (Fsp3) is 0.931. The summed E-state index contributed by atoms with van der Waals surface area (Å²) in [5.74, 6) is 0. The minimum atomic E-state index is 0.642. The predicted octanol–water partition coefficient (Wildman–Crippen LogP) is 9.65. The van der Waals surface area contributed by atoms with E-state index in [9.17, 15) is 0 Å². The molecule has 2 heteroatoms. The number of unbranched alkanes of at least 4 members (excludes halogenated alkanes) is 17. The normalized spacial score (nSPS) is 16.0. The Morgan fingerprint density at radius 1 is 0.419 bits per heavy atom. The molecule has 0 saturated heterocycles. The van der Waals surface area contributed by atoms with Crippen LogP contribution in [0.4, 0.5) is 0 Å². The molecule has 1 aliphatic rings. The van der Waals surface area contributed by atoms with Crippen molar-refractivity contribution in [2.45, 2.75) is 162 Å². The quantitative estimate of drug-likeness (QED) is 0.148. The third kappa shape index (κ3) is 14.9. The van der Waals surface area contributed by atoms with Crippen LogP contribution in [-0.2, 0) is 0 Å². The first-order chi connectivity index (χ1) is 15.3. The highest BCUT2D eigenvalue weighted by molar-refractivity contribution is 4.96. The van der Waals surface area contributed by atoms with Crippen molar-refractivity contribution >= 4 is 0 Å². The van der Waals surface area contributed by atoms with Crippen molar-refractivity contribution in [2.75, 3.05) is 13.1 Å². The summed E-state index contributed by atoms with van der Waals surface area (Å²) >= 11 is 0. The SMILES string of the molecule is CCCCCCCCCCCCN1C=CN(CCC)C1CCCCCCCCCCC.